The first-order valence-corrected chi connectivity index (χ1v) is 12.7. The molecular weight excluding hydrogens is 465 g/mol. The van der Waals surface area contributed by atoms with Crippen molar-refractivity contribution in [2.45, 2.75) is 78.1 Å². The molecule has 0 saturated carbocycles. The van der Waals surface area contributed by atoms with E-state index >= 15 is 4.39 Å². The molecule has 0 saturated heterocycles. The van der Waals surface area contributed by atoms with Crippen LogP contribution < -0.4 is 0 Å². The van der Waals surface area contributed by atoms with Gasteiger partial charge in [-0.25, -0.2) is 13.2 Å². The van der Waals surface area contributed by atoms with Gasteiger partial charge in [-0.1, -0.05) is 41.5 Å². The van der Waals surface area contributed by atoms with Gasteiger partial charge in [0.2, 0.25) is 0 Å². The number of rotatable bonds is 7. The molecule has 176 valence electrons. The monoisotopic (exact) mass is 492 g/mol. The maximum Gasteiger partial charge on any atom is 0.164 e. The van der Waals surface area contributed by atoms with Crippen molar-refractivity contribution in [1.82, 2.24) is 17.5 Å². The second-order valence-electron chi connectivity index (χ2n) is 9.43. The molecule has 0 fully saturated rings. The Morgan fingerprint density at radius 1 is 0.636 bits per heavy atom. The average molecular weight is 493 g/mol. The Hall–Kier alpha value is -2.13. The number of aromatic nitrogens is 4. The maximum absolute atomic E-state index is 15.2. The second kappa shape index (κ2) is 9.25. The normalized spacial score (nSPS) is 14.2. The van der Waals surface area contributed by atoms with E-state index in [0.29, 0.717) is 35.0 Å². The molecule has 0 radical (unpaired) electrons. The van der Waals surface area contributed by atoms with Crippen molar-refractivity contribution in [3.63, 3.8) is 0 Å². The minimum atomic E-state index is -0.836. The van der Waals surface area contributed by atoms with E-state index in [-0.39, 0.29) is 40.6 Å². The largest absolute Gasteiger partial charge is 0.207 e. The molecule has 0 N–H and O–H groups in total. The molecule has 2 heterocycles. The summed E-state index contributed by atoms with van der Waals surface area (Å²) in [5.74, 6) is -2.44. The molecule has 9 heteroatoms. The number of benzene rings is 2. The van der Waals surface area contributed by atoms with E-state index in [1.165, 1.54) is 0 Å². The summed E-state index contributed by atoms with van der Waals surface area (Å²) in [6.07, 6.45) is 1.23. The Labute approximate surface area is 199 Å². The summed E-state index contributed by atoms with van der Waals surface area (Å²) in [7, 11) is 0. The van der Waals surface area contributed by atoms with Crippen LogP contribution in [0.15, 0.2) is 6.07 Å². The van der Waals surface area contributed by atoms with Gasteiger partial charge in [-0.2, -0.15) is 17.5 Å². The zero-order chi connectivity index (χ0) is 24.0. The van der Waals surface area contributed by atoms with Crippen LogP contribution in [0.4, 0.5) is 13.2 Å². The summed E-state index contributed by atoms with van der Waals surface area (Å²) in [5.41, 5.74) is 4.19. The Morgan fingerprint density at radius 2 is 1.09 bits per heavy atom. The molecule has 4 aromatic rings. The molecule has 2 unspecified atom stereocenters. The number of halogens is 3. The van der Waals surface area contributed by atoms with Crippen molar-refractivity contribution in [2.75, 3.05) is 0 Å². The van der Waals surface area contributed by atoms with Gasteiger partial charge in [-0.15, -0.1) is 0 Å². The van der Waals surface area contributed by atoms with Gasteiger partial charge in [0.25, 0.3) is 0 Å². The highest BCUT2D eigenvalue weighted by Crippen LogP contribution is 2.39. The first-order chi connectivity index (χ1) is 15.6. The number of fused-ring (bicyclic) bond motifs is 2. The Bertz CT molecular complexity index is 1310. The lowest BCUT2D eigenvalue weighted by Gasteiger charge is -2.20. The molecule has 4 nitrogen and oxygen atoms in total. The van der Waals surface area contributed by atoms with E-state index in [4.69, 9.17) is 0 Å². The molecule has 0 aliphatic rings. The van der Waals surface area contributed by atoms with Gasteiger partial charge in [-0.05, 0) is 48.1 Å². The van der Waals surface area contributed by atoms with E-state index in [1.807, 2.05) is 41.5 Å². The molecular formula is C24H27F3N4S2. The topological polar surface area (TPSA) is 51.6 Å². The maximum atomic E-state index is 15.2. The van der Waals surface area contributed by atoms with Crippen LogP contribution in [0.5, 0.6) is 0 Å². The van der Waals surface area contributed by atoms with E-state index in [9.17, 15) is 8.78 Å². The third-order valence-electron chi connectivity index (χ3n) is 6.43. The minimum absolute atomic E-state index is 0.00147. The summed E-state index contributed by atoms with van der Waals surface area (Å²) in [6, 6.07) is 1.56. The van der Waals surface area contributed by atoms with Gasteiger partial charge in [0.15, 0.2) is 11.6 Å². The molecule has 4 rings (SSSR count). The van der Waals surface area contributed by atoms with E-state index in [1.54, 1.807) is 6.07 Å². The Morgan fingerprint density at radius 3 is 1.67 bits per heavy atom. The van der Waals surface area contributed by atoms with E-state index < -0.39 is 11.6 Å². The van der Waals surface area contributed by atoms with Gasteiger partial charge < -0.3 is 0 Å². The van der Waals surface area contributed by atoms with Gasteiger partial charge in [-0.3, -0.25) is 0 Å². The first kappa shape index (κ1) is 24.0. The van der Waals surface area contributed by atoms with Crippen LogP contribution in [0.1, 0.15) is 100 Å². The molecule has 0 aliphatic carbocycles. The van der Waals surface area contributed by atoms with Gasteiger partial charge >= 0.3 is 0 Å². The highest BCUT2D eigenvalue weighted by Gasteiger charge is 2.28. The quantitative estimate of drug-likeness (QED) is 0.262. The second-order valence-corrected chi connectivity index (χ2v) is 10.5. The van der Waals surface area contributed by atoms with Crippen molar-refractivity contribution in [3.05, 3.63) is 45.8 Å². The fourth-order valence-electron chi connectivity index (χ4n) is 4.64. The fourth-order valence-corrected chi connectivity index (χ4v) is 5.79. The molecule has 0 bridgehead atoms. The lowest BCUT2D eigenvalue weighted by atomic mass is 9.85. The van der Waals surface area contributed by atoms with Crippen LogP contribution in [0, 0.1) is 17.5 Å². The van der Waals surface area contributed by atoms with Crippen molar-refractivity contribution >= 4 is 45.5 Å². The highest BCUT2D eigenvalue weighted by molar-refractivity contribution is 7.00. The smallest absolute Gasteiger partial charge is 0.164 e. The lowest BCUT2D eigenvalue weighted by molar-refractivity contribution is 0.473. The lowest BCUT2D eigenvalue weighted by Crippen LogP contribution is -2.08. The van der Waals surface area contributed by atoms with Crippen LogP contribution in [0.25, 0.3) is 22.1 Å². The van der Waals surface area contributed by atoms with Crippen molar-refractivity contribution in [1.29, 1.82) is 0 Å². The standard InChI is InChI=1S/C24H27F3N4S2/c1-10(2)16-15(25)9-14(21-22(16)29-32-28-21)12(5)7-8-13(6)18-20(27)19(26)17(11(3)4)23-24(18)31-33-30-23/h9-13H,7-8H2,1-6H3. The zero-order valence-electron chi connectivity index (χ0n) is 19.5. The molecule has 33 heavy (non-hydrogen) atoms. The van der Waals surface area contributed by atoms with Crippen LogP contribution in [-0.4, -0.2) is 17.5 Å². The zero-order valence-corrected chi connectivity index (χ0v) is 21.2. The van der Waals surface area contributed by atoms with Crippen LogP contribution in [0.2, 0.25) is 0 Å². The molecule has 2 aromatic heterocycles. The molecule has 2 aromatic carbocycles. The predicted molar refractivity (Wildman–Crippen MR) is 129 cm³/mol. The Kier molecular flexibility index (Phi) is 6.73. The fraction of sp³-hybridized carbons (Fsp3) is 0.500. The minimum Gasteiger partial charge on any atom is -0.207 e. The molecule has 0 amide bonds. The number of nitrogens with zero attached hydrogens (tertiary/aromatic N) is 4. The third-order valence-corrected chi connectivity index (χ3v) is 7.49. The summed E-state index contributed by atoms with van der Waals surface area (Å²) in [6.45, 7) is 11.4. The summed E-state index contributed by atoms with van der Waals surface area (Å²) >= 11 is 2.06. The number of hydrogen-bond donors (Lipinski definition) is 0. The van der Waals surface area contributed by atoms with Gasteiger partial charge in [0, 0.05) is 16.7 Å². The van der Waals surface area contributed by atoms with Gasteiger partial charge in [0.05, 0.1) is 23.5 Å². The van der Waals surface area contributed by atoms with Crippen LogP contribution in [0.3, 0.4) is 0 Å². The Balaban J connectivity index is 1.64. The summed E-state index contributed by atoms with van der Waals surface area (Å²) in [5, 5.41) is 0. The van der Waals surface area contributed by atoms with Crippen LogP contribution in [-0.2, 0) is 0 Å². The van der Waals surface area contributed by atoms with Crippen molar-refractivity contribution in [2.24, 2.45) is 0 Å². The average Bonchev–Trinajstić information content (AvgIpc) is 3.41. The highest BCUT2D eigenvalue weighted by atomic mass is 32.1. The SMILES string of the molecule is CC(C)c1c(F)cc(C(C)CCC(C)c2c(F)c(F)c(C(C)C)c3nsnc23)c2nsnc12. The van der Waals surface area contributed by atoms with Crippen molar-refractivity contribution < 1.29 is 13.2 Å². The molecule has 0 aliphatic heterocycles. The first-order valence-electron chi connectivity index (χ1n) is 11.2. The molecule has 2 atom stereocenters. The van der Waals surface area contributed by atoms with E-state index in [0.717, 1.165) is 34.5 Å². The predicted octanol–water partition coefficient (Wildman–Crippen LogP) is 8.05. The van der Waals surface area contributed by atoms with Gasteiger partial charge in [0.1, 0.15) is 27.9 Å². The van der Waals surface area contributed by atoms with Crippen LogP contribution >= 0.6 is 23.5 Å². The molecule has 0 spiro atoms. The number of hydrogen-bond acceptors (Lipinski definition) is 6. The van der Waals surface area contributed by atoms with E-state index in [2.05, 4.69) is 17.5 Å². The van der Waals surface area contributed by atoms with Crippen molar-refractivity contribution in [3.8, 4) is 0 Å². The third kappa shape index (κ3) is 4.14. The summed E-state index contributed by atoms with van der Waals surface area (Å²) in [4.78, 5) is 0. The summed E-state index contributed by atoms with van der Waals surface area (Å²) < 4.78 is 62.3.